The molecule has 1 amide bonds. The van der Waals surface area contributed by atoms with E-state index in [2.05, 4.69) is 52.1 Å². The summed E-state index contributed by atoms with van der Waals surface area (Å²) in [6.07, 6.45) is 9.64. The zero-order valence-corrected chi connectivity index (χ0v) is 21.9. The number of hydrogen-bond donors (Lipinski definition) is 2. The van der Waals surface area contributed by atoms with E-state index in [-0.39, 0.29) is 28.8 Å². The summed E-state index contributed by atoms with van der Waals surface area (Å²) in [5, 5.41) is 14.6. The quantitative estimate of drug-likeness (QED) is 0.507. The van der Waals surface area contributed by atoms with Crippen molar-refractivity contribution in [1.82, 2.24) is 10.2 Å². The Balaban J connectivity index is 1.61. The van der Waals surface area contributed by atoms with Gasteiger partial charge in [0, 0.05) is 49.2 Å². The van der Waals surface area contributed by atoms with Crippen LogP contribution in [0, 0.1) is 5.92 Å². The van der Waals surface area contributed by atoms with Gasteiger partial charge in [0.05, 0.1) is 0 Å². The van der Waals surface area contributed by atoms with Gasteiger partial charge < -0.3 is 20.1 Å². The maximum Gasteiger partial charge on any atom is 0.249 e. The zero-order valence-electron chi connectivity index (χ0n) is 21.9. The highest BCUT2D eigenvalue weighted by Crippen LogP contribution is 2.55. The Labute approximate surface area is 205 Å². The molecule has 0 radical (unpaired) electrons. The molecule has 0 saturated carbocycles. The number of unbranched alkanes of at least 4 members (excludes halogenated alkanes) is 3. The first kappa shape index (κ1) is 25.1. The summed E-state index contributed by atoms with van der Waals surface area (Å²) >= 11 is 0. The van der Waals surface area contributed by atoms with Crippen LogP contribution in [0.1, 0.15) is 96.6 Å². The lowest BCUT2D eigenvalue weighted by Gasteiger charge is -2.47. The number of hydrogen-bond acceptors (Lipinski definition) is 4. The largest absolute Gasteiger partial charge is 0.508 e. The third kappa shape index (κ3) is 5.00. The van der Waals surface area contributed by atoms with Crippen LogP contribution in [-0.4, -0.2) is 47.7 Å². The highest BCUT2D eigenvalue weighted by atomic mass is 16.5. The fraction of sp³-hybridized carbons (Fsp3) is 0.690. The normalized spacial score (nSPS) is 24.0. The van der Waals surface area contributed by atoms with Gasteiger partial charge in [-0.2, -0.15) is 0 Å². The topological polar surface area (TPSA) is 61.8 Å². The predicted molar refractivity (Wildman–Crippen MR) is 138 cm³/mol. The average Bonchev–Trinajstić information content (AvgIpc) is 2.81. The Morgan fingerprint density at radius 3 is 2.65 bits per heavy atom. The van der Waals surface area contributed by atoms with Crippen LogP contribution in [0.2, 0.25) is 0 Å². The van der Waals surface area contributed by atoms with Gasteiger partial charge in [-0.05, 0) is 56.2 Å². The summed E-state index contributed by atoms with van der Waals surface area (Å²) in [5.74, 6) is 1.62. The minimum Gasteiger partial charge on any atom is -0.508 e. The van der Waals surface area contributed by atoms with Crippen LogP contribution in [0.4, 0.5) is 0 Å². The van der Waals surface area contributed by atoms with E-state index in [1.807, 2.05) is 11.0 Å². The minimum absolute atomic E-state index is 0.0273. The number of carbonyl (C=O) groups excluding carboxylic acids is 1. The second-order valence-corrected chi connectivity index (χ2v) is 11.7. The first-order valence-corrected chi connectivity index (χ1v) is 13.4. The molecule has 34 heavy (non-hydrogen) atoms. The van der Waals surface area contributed by atoms with E-state index in [9.17, 15) is 9.90 Å². The van der Waals surface area contributed by atoms with Gasteiger partial charge in [0.2, 0.25) is 5.91 Å². The number of nitrogens with zero attached hydrogens (tertiary/aromatic N) is 1. The van der Waals surface area contributed by atoms with Crippen LogP contribution >= 0.6 is 0 Å². The van der Waals surface area contributed by atoms with Gasteiger partial charge in [0.25, 0.3) is 0 Å². The van der Waals surface area contributed by atoms with Crippen molar-refractivity contribution in [2.24, 2.45) is 5.92 Å². The first-order chi connectivity index (χ1) is 16.1. The summed E-state index contributed by atoms with van der Waals surface area (Å²) < 4.78 is 6.57. The van der Waals surface area contributed by atoms with Gasteiger partial charge in [0.15, 0.2) is 0 Å². The maximum atomic E-state index is 13.3. The number of amides is 1. The lowest BCUT2D eigenvalue weighted by atomic mass is 9.66. The molecule has 0 aromatic heterocycles. The number of phenolic OH excluding ortho intramolecular Hbond substituents is 1. The number of carbonyl (C=O) groups is 1. The fourth-order valence-electron chi connectivity index (χ4n) is 6.17. The summed E-state index contributed by atoms with van der Waals surface area (Å²) in [6.45, 7) is 14.3. The number of ether oxygens (including phenoxy) is 1. The standard InChI is InChI=1S/C29H44N2O3/c1-6-7-8-9-12-28(2,3)21-18-24(32)26-22-17-20(27(33)31-15-13-30-14-16-31)10-11-23(22)29(4,5)34-25(26)19-21/h10,18-19,22-23,30,32H,6-9,11-17H2,1-5H3/t22-,23-/m1/s1. The van der Waals surface area contributed by atoms with Gasteiger partial charge in [-0.3, -0.25) is 4.79 Å². The second kappa shape index (κ2) is 9.93. The lowest BCUT2D eigenvalue weighted by molar-refractivity contribution is -0.128. The first-order valence-electron chi connectivity index (χ1n) is 13.4. The van der Waals surface area contributed by atoms with Crippen molar-refractivity contribution < 1.29 is 14.6 Å². The molecule has 5 heteroatoms. The van der Waals surface area contributed by atoms with Crippen molar-refractivity contribution >= 4 is 5.91 Å². The molecular formula is C29H44N2O3. The molecule has 2 atom stereocenters. The molecule has 1 fully saturated rings. The molecule has 0 bridgehead atoms. The van der Waals surface area contributed by atoms with Gasteiger partial charge in [-0.15, -0.1) is 0 Å². The smallest absolute Gasteiger partial charge is 0.249 e. The molecule has 1 saturated heterocycles. The number of aromatic hydroxyl groups is 1. The predicted octanol–water partition coefficient (Wildman–Crippen LogP) is 5.66. The van der Waals surface area contributed by atoms with Crippen molar-refractivity contribution in [1.29, 1.82) is 0 Å². The van der Waals surface area contributed by atoms with Crippen LogP contribution in [0.15, 0.2) is 23.8 Å². The molecule has 3 aliphatic rings. The van der Waals surface area contributed by atoms with Crippen molar-refractivity contribution in [2.45, 2.75) is 96.5 Å². The lowest BCUT2D eigenvalue weighted by Crippen LogP contribution is -2.49. The summed E-state index contributed by atoms with van der Waals surface area (Å²) in [6, 6.07) is 4.14. The minimum atomic E-state index is -0.353. The highest BCUT2D eigenvalue weighted by Gasteiger charge is 2.47. The molecule has 2 aliphatic heterocycles. The number of benzene rings is 1. The Morgan fingerprint density at radius 1 is 1.21 bits per heavy atom. The Hall–Kier alpha value is -2.01. The molecule has 5 nitrogen and oxygen atoms in total. The number of phenols is 1. The second-order valence-electron chi connectivity index (χ2n) is 11.7. The van der Waals surface area contributed by atoms with Crippen molar-refractivity contribution in [2.75, 3.05) is 26.2 Å². The van der Waals surface area contributed by atoms with Crippen LogP contribution < -0.4 is 10.1 Å². The number of nitrogens with one attached hydrogen (secondary N) is 1. The van der Waals surface area contributed by atoms with E-state index >= 15 is 0 Å². The fourth-order valence-corrected chi connectivity index (χ4v) is 6.17. The van der Waals surface area contributed by atoms with E-state index in [1.165, 1.54) is 25.7 Å². The molecular weight excluding hydrogens is 424 g/mol. The van der Waals surface area contributed by atoms with Gasteiger partial charge >= 0.3 is 0 Å². The Bertz CT molecular complexity index is 928. The van der Waals surface area contributed by atoms with Crippen LogP contribution in [0.25, 0.3) is 0 Å². The molecule has 0 unspecified atom stereocenters. The van der Waals surface area contributed by atoms with Crippen LogP contribution in [-0.2, 0) is 10.2 Å². The van der Waals surface area contributed by atoms with Crippen molar-refractivity contribution in [3.63, 3.8) is 0 Å². The molecule has 1 aromatic rings. The van der Waals surface area contributed by atoms with Gasteiger partial charge in [0.1, 0.15) is 17.1 Å². The molecule has 4 rings (SSSR count). The molecule has 2 N–H and O–H groups in total. The van der Waals surface area contributed by atoms with Gasteiger partial charge in [-0.25, -0.2) is 0 Å². The van der Waals surface area contributed by atoms with E-state index in [0.717, 1.165) is 61.5 Å². The average molecular weight is 469 g/mol. The maximum absolute atomic E-state index is 13.3. The molecule has 1 aromatic carbocycles. The summed E-state index contributed by atoms with van der Waals surface area (Å²) in [5.41, 5.74) is 2.55. The number of rotatable bonds is 7. The molecule has 188 valence electrons. The summed E-state index contributed by atoms with van der Waals surface area (Å²) in [4.78, 5) is 15.2. The third-order valence-corrected chi connectivity index (χ3v) is 8.42. The van der Waals surface area contributed by atoms with E-state index in [0.29, 0.717) is 12.2 Å². The van der Waals surface area contributed by atoms with Crippen LogP contribution in [0.3, 0.4) is 0 Å². The third-order valence-electron chi connectivity index (χ3n) is 8.42. The SMILES string of the molecule is CCCCCCC(C)(C)c1cc(O)c2c(c1)OC(C)(C)[C@@H]1CC=C(C(=O)N3CCNCC3)C[C@@H]21. The van der Waals surface area contributed by atoms with Crippen LogP contribution in [0.5, 0.6) is 11.5 Å². The highest BCUT2D eigenvalue weighted by molar-refractivity contribution is 5.94. The monoisotopic (exact) mass is 468 g/mol. The number of piperazine rings is 1. The van der Waals surface area contributed by atoms with Crippen molar-refractivity contribution in [3.05, 3.63) is 34.9 Å². The van der Waals surface area contributed by atoms with Crippen molar-refractivity contribution in [3.8, 4) is 11.5 Å². The number of allylic oxidation sites excluding steroid dienone is 1. The summed E-state index contributed by atoms with van der Waals surface area (Å²) in [7, 11) is 0. The molecule has 0 spiro atoms. The Kier molecular flexibility index (Phi) is 7.33. The van der Waals surface area contributed by atoms with E-state index in [4.69, 9.17) is 4.74 Å². The number of fused-ring (bicyclic) bond motifs is 3. The molecule has 2 heterocycles. The Morgan fingerprint density at radius 2 is 1.94 bits per heavy atom. The van der Waals surface area contributed by atoms with Gasteiger partial charge in [-0.1, -0.05) is 52.5 Å². The van der Waals surface area contributed by atoms with E-state index < -0.39 is 0 Å². The zero-order chi connectivity index (χ0) is 24.5. The molecule has 1 aliphatic carbocycles. The van der Waals surface area contributed by atoms with E-state index in [1.54, 1.807) is 0 Å².